The van der Waals surface area contributed by atoms with Crippen LogP contribution in [-0.4, -0.2) is 36.1 Å². The summed E-state index contributed by atoms with van der Waals surface area (Å²) < 4.78 is 61.2. The van der Waals surface area contributed by atoms with Crippen molar-refractivity contribution in [3.05, 3.63) is 28.2 Å². The van der Waals surface area contributed by atoms with Crippen LogP contribution in [0.3, 0.4) is 0 Å². The summed E-state index contributed by atoms with van der Waals surface area (Å²) in [6.07, 6.45) is 3.80. The molecule has 1 aromatic rings. The van der Waals surface area contributed by atoms with Crippen molar-refractivity contribution in [1.29, 1.82) is 0 Å². The molecule has 10 heteroatoms. The Bertz CT molecular complexity index is 734. The molecule has 1 fully saturated rings. The first-order valence-electron chi connectivity index (χ1n) is 7.48. The molecule has 0 unspecified atom stereocenters. The molecule has 0 bridgehead atoms. The first kappa shape index (κ1) is 18.9. The summed E-state index contributed by atoms with van der Waals surface area (Å²) in [5.74, 6) is -2.54. The molecule has 0 spiro atoms. The van der Waals surface area contributed by atoms with Gasteiger partial charge in [0.05, 0.1) is 11.9 Å². The maximum atomic E-state index is 12.7. The zero-order chi connectivity index (χ0) is 17.7. The molecule has 24 heavy (non-hydrogen) atoms. The maximum absolute atomic E-state index is 12.7. The van der Waals surface area contributed by atoms with Gasteiger partial charge in [0, 0.05) is 19.3 Å². The number of thiazole rings is 1. The lowest BCUT2D eigenvalue weighted by Crippen LogP contribution is -2.25. The van der Waals surface area contributed by atoms with E-state index in [9.17, 15) is 26.8 Å². The van der Waals surface area contributed by atoms with Gasteiger partial charge in [-0.25, -0.2) is 22.5 Å². The molecule has 0 N–H and O–H groups in total. The van der Waals surface area contributed by atoms with E-state index in [2.05, 4.69) is 4.98 Å². The predicted molar refractivity (Wildman–Crippen MR) is 84.8 cm³/mol. The Morgan fingerprint density at radius 2 is 2.00 bits per heavy atom. The average Bonchev–Trinajstić information content (AvgIpc) is 3.02. The van der Waals surface area contributed by atoms with E-state index in [1.807, 2.05) is 0 Å². The van der Waals surface area contributed by atoms with Crippen molar-refractivity contribution in [1.82, 2.24) is 4.98 Å². The Balaban J connectivity index is 2.07. The van der Waals surface area contributed by atoms with E-state index in [1.54, 1.807) is 0 Å². The first-order valence-corrected chi connectivity index (χ1v) is 9.95. The summed E-state index contributed by atoms with van der Waals surface area (Å²) in [6.45, 7) is 0. The fraction of sp³-hybridized carbons (Fsp3) is 0.571. The highest BCUT2D eigenvalue weighted by molar-refractivity contribution is 7.93. The summed E-state index contributed by atoms with van der Waals surface area (Å²) in [7, 11) is -3.97. The molecule has 0 amide bonds. The topological polar surface area (TPSA) is 73.1 Å². The van der Waals surface area contributed by atoms with E-state index in [0.717, 1.165) is 48.2 Å². The third-order valence-electron chi connectivity index (χ3n) is 3.75. The Kier molecular flexibility index (Phi) is 6.39. The van der Waals surface area contributed by atoms with Gasteiger partial charge in [-0.2, -0.15) is 8.78 Å². The van der Waals surface area contributed by atoms with Gasteiger partial charge >= 0.3 is 6.08 Å². The zero-order valence-electron chi connectivity index (χ0n) is 12.8. The summed E-state index contributed by atoms with van der Waals surface area (Å²) in [5, 5.41) is 12.1. The van der Waals surface area contributed by atoms with Crippen molar-refractivity contribution in [2.24, 2.45) is 0 Å². The van der Waals surface area contributed by atoms with Gasteiger partial charge < -0.3 is 5.21 Å². The second-order valence-corrected chi connectivity index (χ2v) is 8.89. The van der Waals surface area contributed by atoms with Crippen molar-refractivity contribution in [3.8, 4) is 0 Å². The van der Waals surface area contributed by atoms with Crippen LogP contribution in [0.15, 0.2) is 22.4 Å². The lowest BCUT2D eigenvalue weighted by Gasteiger charge is -2.20. The molecule has 0 saturated heterocycles. The van der Waals surface area contributed by atoms with Crippen LogP contribution in [-0.2, 0) is 9.84 Å². The van der Waals surface area contributed by atoms with E-state index in [1.165, 1.54) is 12.4 Å². The Labute approximate surface area is 142 Å². The fourth-order valence-electron chi connectivity index (χ4n) is 2.45. The third-order valence-corrected chi connectivity index (χ3v) is 6.87. The van der Waals surface area contributed by atoms with Gasteiger partial charge in [0.25, 0.3) is 0 Å². The van der Waals surface area contributed by atoms with Gasteiger partial charge in [-0.05, 0) is 12.8 Å². The SMILES string of the molecule is O=S(=O)(CCC(F)=C(F)F)c1ncc(/C=[N+](\[O-])C2CCCCC2)s1. The van der Waals surface area contributed by atoms with Gasteiger partial charge in [0.15, 0.2) is 18.1 Å². The minimum atomic E-state index is -3.97. The molecule has 0 aromatic carbocycles. The molecule has 1 saturated carbocycles. The average molecular weight is 382 g/mol. The van der Waals surface area contributed by atoms with E-state index in [0.29, 0.717) is 4.88 Å². The molecular formula is C14H17F3N2O3S2. The third kappa shape index (κ3) is 5.04. The van der Waals surface area contributed by atoms with Crippen LogP contribution in [0.4, 0.5) is 13.2 Å². The highest BCUT2D eigenvalue weighted by Crippen LogP contribution is 2.23. The second kappa shape index (κ2) is 8.11. The summed E-state index contributed by atoms with van der Waals surface area (Å²) in [4.78, 5) is 4.08. The highest BCUT2D eigenvalue weighted by atomic mass is 32.2. The summed E-state index contributed by atoms with van der Waals surface area (Å²) in [6, 6.07) is -0.118. The van der Waals surface area contributed by atoms with Gasteiger partial charge in [0.1, 0.15) is 4.88 Å². The van der Waals surface area contributed by atoms with Gasteiger partial charge in [-0.3, -0.25) is 0 Å². The molecular weight excluding hydrogens is 365 g/mol. The summed E-state index contributed by atoms with van der Waals surface area (Å²) in [5.41, 5.74) is 0. The van der Waals surface area contributed by atoms with Crippen LogP contribution in [0, 0.1) is 5.21 Å². The van der Waals surface area contributed by atoms with Crippen LogP contribution in [0.25, 0.3) is 0 Å². The van der Waals surface area contributed by atoms with Crippen molar-refractivity contribution >= 4 is 27.4 Å². The molecule has 1 aliphatic rings. The molecule has 0 radical (unpaired) electrons. The number of rotatable bonds is 6. The number of hydroxylamine groups is 1. The number of aromatic nitrogens is 1. The Morgan fingerprint density at radius 3 is 2.62 bits per heavy atom. The molecule has 134 valence electrons. The Hall–Kier alpha value is -1.42. The lowest BCUT2D eigenvalue weighted by molar-refractivity contribution is -0.500. The van der Waals surface area contributed by atoms with Crippen LogP contribution < -0.4 is 0 Å². The molecule has 0 atom stereocenters. The quantitative estimate of drug-likeness (QED) is 0.326. The molecule has 1 aliphatic carbocycles. The number of nitrogens with zero attached hydrogens (tertiary/aromatic N) is 2. The second-order valence-electron chi connectivity index (χ2n) is 5.54. The maximum Gasteiger partial charge on any atom is 0.301 e. The Morgan fingerprint density at radius 1 is 1.33 bits per heavy atom. The normalized spacial score (nSPS) is 17.0. The minimum Gasteiger partial charge on any atom is -0.624 e. The standard InChI is InChI=1S/C14H17F3N2O3S2/c15-12(13(16)17)6-7-24(21,22)14-18-8-11(23-14)9-19(20)10-4-2-1-3-5-10/h8-10H,1-7H2/b19-9-. The van der Waals surface area contributed by atoms with Crippen molar-refractivity contribution < 1.29 is 26.3 Å². The molecule has 1 heterocycles. The van der Waals surface area contributed by atoms with E-state index >= 15 is 0 Å². The van der Waals surface area contributed by atoms with Crippen molar-refractivity contribution in [2.75, 3.05) is 5.75 Å². The highest BCUT2D eigenvalue weighted by Gasteiger charge is 2.23. The van der Waals surface area contributed by atoms with E-state index < -0.39 is 33.9 Å². The van der Waals surface area contributed by atoms with Crippen LogP contribution in [0.1, 0.15) is 43.4 Å². The predicted octanol–water partition coefficient (Wildman–Crippen LogP) is 3.65. The molecule has 5 nitrogen and oxygen atoms in total. The smallest absolute Gasteiger partial charge is 0.301 e. The molecule has 1 aromatic heterocycles. The first-order chi connectivity index (χ1) is 11.3. The number of hydrogen-bond donors (Lipinski definition) is 0. The van der Waals surface area contributed by atoms with Gasteiger partial charge in [-0.15, -0.1) is 0 Å². The molecule has 2 rings (SSSR count). The number of allylic oxidation sites excluding steroid dienone is 1. The van der Waals surface area contributed by atoms with Gasteiger partial charge in [-0.1, -0.05) is 17.8 Å². The van der Waals surface area contributed by atoms with E-state index in [4.69, 9.17) is 0 Å². The monoisotopic (exact) mass is 382 g/mol. The fourth-order valence-corrected chi connectivity index (χ4v) is 4.90. The van der Waals surface area contributed by atoms with Gasteiger partial charge in [0.2, 0.25) is 14.2 Å². The largest absolute Gasteiger partial charge is 0.624 e. The summed E-state index contributed by atoms with van der Waals surface area (Å²) >= 11 is 0.770. The number of hydrogen-bond acceptors (Lipinski definition) is 5. The molecule has 0 aliphatic heterocycles. The number of halogens is 3. The van der Waals surface area contributed by atoms with Crippen LogP contribution in [0.5, 0.6) is 0 Å². The lowest BCUT2D eigenvalue weighted by atomic mass is 9.96. The van der Waals surface area contributed by atoms with E-state index in [-0.39, 0.29) is 10.4 Å². The van der Waals surface area contributed by atoms with Crippen molar-refractivity contribution in [3.63, 3.8) is 0 Å². The van der Waals surface area contributed by atoms with Crippen LogP contribution in [0.2, 0.25) is 0 Å². The number of sulfone groups is 1. The van der Waals surface area contributed by atoms with Crippen molar-refractivity contribution in [2.45, 2.75) is 48.9 Å². The van der Waals surface area contributed by atoms with Crippen LogP contribution >= 0.6 is 11.3 Å². The minimum absolute atomic E-state index is 0.118. The zero-order valence-corrected chi connectivity index (χ0v) is 14.4.